The molecule has 0 aliphatic carbocycles. The molecule has 26 heavy (non-hydrogen) atoms. The predicted octanol–water partition coefficient (Wildman–Crippen LogP) is 0.508. The van der Waals surface area contributed by atoms with Gasteiger partial charge < -0.3 is 5.95 Å². The van der Waals surface area contributed by atoms with E-state index < -0.39 is 17.8 Å². The maximum absolute atomic E-state index is 13.0. The molecular weight excluding hydrogens is 453 g/mol. The van der Waals surface area contributed by atoms with Crippen LogP contribution in [0.15, 0.2) is 0 Å². The Bertz CT molecular complexity index is 533. The molecule has 0 aromatic rings. The summed E-state index contributed by atoms with van der Waals surface area (Å²) in [6.07, 6.45) is 3.84. The zero-order valence-electron chi connectivity index (χ0n) is 16.1. The van der Waals surface area contributed by atoms with Crippen LogP contribution in [0.5, 0.6) is 0 Å². The van der Waals surface area contributed by atoms with Gasteiger partial charge in [-0.3, -0.25) is 9.12 Å². The summed E-state index contributed by atoms with van der Waals surface area (Å²) >= 11 is 13.2. The van der Waals surface area contributed by atoms with Gasteiger partial charge in [-0.15, -0.1) is 35.0 Å². The van der Waals surface area contributed by atoms with Crippen molar-refractivity contribution in [1.29, 1.82) is 0 Å². The first-order chi connectivity index (χ1) is 11.8. The van der Waals surface area contributed by atoms with E-state index in [1.54, 1.807) is 16.4 Å². The van der Waals surface area contributed by atoms with Crippen molar-refractivity contribution in [2.45, 2.75) is 37.5 Å². The molecule has 2 atom stereocenters. The van der Waals surface area contributed by atoms with Crippen molar-refractivity contribution in [2.75, 3.05) is 43.0 Å². The topological polar surface area (TPSA) is 95.9 Å². The first-order valence-electron chi connectivity index (χ1n) is 8.27. The van der Waals surface area contributed by atoms with Crippen molar-refractivity contribution in [3.05, 3.63) is 0 Å². The van der Waals surface area contributed by atoms with Gasteiger partial charge >= 0.3 is 37.2 Å². The Morgan fingerprint density at radius 3 is 2.42 bits per heavy atom. The molecule has 0 bridgehead atoms. The van der Waals surface area contributed by atoms with Gasteiger partial charge in [-0.05, 0) is 25.0 Å². The smallest absolute Gasteiger partial charge is 1.00 e. The summed E-state index contributed by atoms with van der Waals surface area (Å²) in [5.41, 5.74) is 0. The van der Waals surface area contributed by atoms with Crippen LogP contribution in [0.2, 0.25) is 0 Å². The monoisotopic (exact) mass is 480 g/mol. The second kappa shape index (κ2) is 14.9. The van der Waals surface area contributed by atoms with Gasteiger partial charge in [-0.2, -0.15) is 8.42 Å². The van der Waals surface area contributed by atoms with Crippen LogP contribution < -0.4 is 34.6 Å². The van der Waals surface area contributed by atoms with Crippen LogP contribution >= 0.6 is 42.6 Å². The number of unbranched alkanes of at least 4 members (excludes halogenated alkanes) is 3. The van der Waals surface area contributed by atoms with E-state index in [2.05, 4.69) is 5.09 Å². The SMILES string of the molecule is O=P1(N(CCCl)CCCl)NC(SCCCCCCS(=O)(=O)O)CCO1.[H-].[Na+]. The summed E-state index contributed by atoms with van der Waals surface area (Å²) in [5, 5.41) is 3.16. The molecule has 2 unspecified atom stereocenters. The van der Waals surface area contributed by atoms with Crippen LogP contribution in [0.4, 0.5) is 0 Å². The van der Waals surface area contributed by atoms with Crippen molar-refractivity contribution >= 4 is 52.8 Å². The fraction of sp³-hybridized carbons (Fsp3) is 1.00. The van der Waals surface area contributed by atoms with Crippen molar-refractivity contribution in [2.24, 2.45) is 0 Å². The van der Waals surface area contributed by atoms with E-state index in [-0.39, 0.29) is 42.1 Å². The summed E-state index contributed by atoms with van der Waals surface area (Å²) in [7, 11) is -6.95. The molecule has 1 saturated heterocycles. The van der Waals surface area contributed by atoms with Crippen LogP contribution in [0.1, 0.15) is 33.5 Å². The van der Waals surface area contributed by atoms with Crippen LogP contribution in [-0.4, -0.2) is 66.0 Å². The Labute approximate surface area is 194 Å². The predicted molar refractivity (Wildman–Crippen MR) is 107 cm³/mol. The average Bonchev–Trinajstić information content (AvgIpc) is 2.53. The molecule has 0 saturated carbocycles. The Morgan fingerprint density at radius 1 is 1.23 bits per heavy atom. The van der Waals surface area contributed by atoms with E-state index in [0.29, 0.717) is 37.9 Å². The van der Waals surface area contributed by atoms with E-state index >= 15 is 0 Å². The number of halogens is 2. The Balaban J connectivity index is 0. The van der Waals surface area contributed by atoms with Gasteiger partial charge in [0.25, 0.3) is 10.1 Å². The number of alkyl halides is 2. The van der Waals surface area contributed by atoms with E-state index in [9.17, 15) is 13.0 Å². The second-order valence-corrected chi connectivity index (χ2v) is 11.4. The van der Waals surface area contributed by atoms with Gasteiger partial charge in [0.2, 0.25) is 0 Å². The third-order valence-corrected chi connectivity index (χ3v) is 8.54. The van der Waals surface area contributed by atoms with Crippen molar-refractivity contribution < 1.29 is 53.0 Å². The first kappa shape index (κ1) is 27.9. The number of nitrogens with one attached hydrogen (secondary N) is 1. The quantitative estimate of drug-likeness (QED) is 0.129. The van der Waals surface area contributed by atoms with Crippen LogP contribution in [0, 0.1) is 0 Å². The third-order valence-electron chi connectivity index (χ3n) is 3.63. The molecule has 152 valence electrons. The number of thioether (sulfide) groups is 1. The normalized spacial score (nSPS) is 23.8. The number of hydrogen-bond acceptors (Lipinski definition) is 5. The summed E-state index contributed by atoms with van der Waals surface area (Å²) in [6.45, 7) is 1.32. The molecule has 1 aliphatic rings. The van der Waals surface area contributed by atoms with Crippen molar-refractivity contribution in [3.63, 3.8) is 0 Å². The van der Waals surface area contributed by atoms with Crippen LogP contribution in [-0.2, 0) is 19.2 Å². The van der Waals surface area contributed by atoms with Gasteiger partial charge in [-0.25, -0.2) is 9.76 Å². The van der Waals surface area contributed by atoms with Gasteiger partial charge in [0.15, 0.2) is 0 Å². The summed E-state index contributed by atoms with van der Waals surface area (Å²) in [4.78, 5) is 0. The molecule has 1 aliphatic heterocycles. The molecule has 0 radical (unpaired) electrons. The van der Waals surface area contributed by atoms with Gasteiger partial charge in [0.05, 0.1) is 17.7 Å². The molecule has 1 rings (SSSR count). The zero-order chi connectivity index (χ0) is 18.8. The van der Waals surface area contributed by atoms with E-state index in [4.69, 9.17) is 32.3 Å². The summed E-state index contributed by atoms with van der Waals surface area (Å²) in [5.74, 6) is 1.41. The average molecular weight is 481 g/mol. The van der Waals surface area contributed by atoms with Gasteiger partial charge in [0.1, 0.15) is 0 Å². The number of hydrogen-bond donors (Lipinski definition) is 2. The largest absolute Gasteiger partial charge is 1.00 e. The molecule has 1 fully saturated rings. The standard InChI is InChI=1S/C13H27Cl2N2O5PS2.Na.H/c14-6-8-17(9-7-15)23(18)16-13(5-10-22-23)24-11-3-1-2-4-12-25(19,20)21;;/h13H,1-12H2,(H,16,18)(H,19,20,21);;/q;+1;-1. The molecule has 13 heteroatoms. The Hall–Kier alpha value is 1.95. The van der Waals surface area contributed by atoms with Crippen LogP contribution in [0.3, 0.4) is 0 Å². The summed E-state index contributed by atoms with van der Waals surface area (Å²) in [6, 6.07) is 0. The minimum Gasteiger partial charge on any atom is -1.00 e. The summed E-state index contributed by atoms with van der Waals surface area (Å²) < 4.78 is 50.1. The third kappa shape index (κ3) is 11.8. The molecule has 0 aromatic heterocycles. The minimum atomic E-state index is -3.85. The molecule has 7 nitrogen and oxygen atoms in total. The Kier molecular flexibility index (Phi) is 16.0. The number of rotatable bonds is 13. The molecule has 0 aromatic carbocycles. The second-order valence-electron chi connectivity index (χ2n) is 5.66. The molecular formula is C13H28Cl2N2NaO5PS2. The maximum Gasteiger partial charge on any atom is 1.00 e. The van der Waals surface area contributed by atoms with Gasteiger partial charge in [-0.1, -0.05) is 12.8 Å². The first-order valence-corrected chi connectivity index (χ1v) is 13.6. The fourth-order valence-electron chi connectivity index (χ4n) is 2.39. The Morgan fingerprint density at radius 2 is 1.85 bits per heavy atom. The molecule has 0 spiro atoms. The van der Waals surface area contributed by atoms with Crippen molar-refractivity contribution in [1.82, 2.24) is 9.76 Å². The zero-order valence-corrected chi connectivity index (χ0v) is 21.1. The fourth-order valence-corrected chi connectivity index (χ4v) is 7.19. The maximum atomic E-state index is 13.0. The van der Waals surface area contributed by atoms with E-state index in [1.807, 2.05) is 0 Å². The van der Waals surface area contributed by atoms with Crippen LogP contribution in [0.25, 0.3) is 0 Å². The van der Waals surface area contributed by atoms with Crippen molar-refractivity contribution in [3.8, 4) is 0 Å². The minimum absolute atomic E-state index is 0. The van der Waals surface area contributed by atoms with E-state index in [1.165, 1.54) is 0 Å². The molecule has 2 N–H and O–H groups in total. The number of nitrogens with zero attached hydrogens (tertiary/aromatic N) is 1. The van der Waals surface area contributed by atoms with Gasteiger partial charge in [0, 0.05) is 24.8 Å². The molecule has 0 amide bonds. The van der Waals surface area contributed by atoms with E-state index in [0.717, 1.165) is 31.4 Å². The molecule has 1 heterocycles.